The minimum Gasteiger partial charge on any atom is -0.379 e. The van der Waals surface area contributed by atoms with Crippen molar-refractivity contribution in [2.75, 3.05) is 39.4 Å². The number of nitrogens with zero attached hydrogens (tertiary/aromatic N) is 1. The largest absolute Gasteiger partial charge is 0.379 e. The SMILES string of the molecule is O=C(c1ccc(S(=O)(=O)NCCN2CCOCC2)cc1)C1CC1. The van der Waals surface area contributed by atoms with Gasteiger partial charge in [-0.15, -0.1) is 0 Å². The van der Waals surface area contributed by atoms with Gasteiger partial charge in [-0.3, -0.25) is 9.69 Å². The molecule has 2 fully saturated rings. The van der Waals surface area contributed by atoms with Crippen LogP contribution in [-0.2, 0) is 14.8 Å². The van der Waals surface area contributed by atoms with Gasteiger partial charge < -0.3 is 4.74 Å². The van der Waals surface area contributed by atoms with Gasteiger partial charge in [0.2, 0.25) is 10.0 Å². The van der Waals surface area contributed by atoms with E-state index in [2.05, 4.69) is 9.62 Å². The van der Waals surface area contributed by atoms with E-state index < -0.39 is 10.0 Å². The molecule has 0 aromatic heterocycles. The molecule has 0 radical (unpaired) electrons. The summed E-state index contributed by atoms with van der Waals surface area (Å²) in [7, 11) is -3.53. The summed E-state index contributed by atoms with van der Waals surface area (Å²) in [5.41, 5.74) is 0.597. The Hall–Kier alpha value is -1.28. The molecule has 1 aromatic rings. The average molecular weight is 338 g/mol. The molecular weight excluding hydrogens is 316 g/mol. The first kappa shape index (κ1) is 16.6. The lowest BCUT2D eigenvalue weighted by Crippen LogP contribution is -2.41. The van der Waals surface area contributed by atoms with Gasteiger partial charge in [-0.2, -0.15) is 0 Å². The van der Waals surface area contributed by atoms with Gasteiger partial charge in [0.05, 0.1) is 18.1 Å². The van der Waals surface area contributed by atoms with Crippen LogP contribution in [0.3, 0.4) is 0 Å². The van der Waals surface area contributed by atoms with Crippen molar-refractivity contribution < 1.29 is 17.9 Å². The van der Waals surface area contributed by atoms with Gasteiger partial charge in [0.25, 0.3) is 0 Å². The van der Waals surface area contributed by atoms with E-state index >= 15 is 0 Å². The highest BCUT2D eigenvalue weighted by Crippen LogP contribution is 2.32. The van der Waals surface area contributed by atoms with Crippen LogP contribution in [0.4, 0.5) is 0 Å². The number of hydrogen-bond donors (Lipinski definition) is 1. The molecule has 0 unspecified atom stereocenters. The number of carbonyl (C=O) groups excluding carboxylic acids is 1. The first-order chi connectivity index (χ1) is 11.1. The molecule has 0 bridgehead atoms. The van der Waals surface area contributed by atoms with Gasteiger partial charge in [-0.1, -0.05) is 12.1 Å². The molecule has 0 atom stereocenters. The molecule has 1 heterocycles. The van der Waals surface area contributed by atoms with Gasteiger partial charge in [0.15, 0.2) is 5.78 Å². The third kappa shape index (κ3) is 4.38. The summed E-state index contributed by atoms with van der Waals surface area (Å²) in [6, 6.07) is 6.23. The minimum atomic E-state index is -3.53. The summed E-state index contributed by atoms with van der Waals surface area (Å²) in [6.45, 7) is 4.10. The van der Waals surface area contributed by atoms with Gasteiger partial charge in [-0.05, 0) is 25.0 Å². The van der Waals surface area contributed by atoms with E-state index in [1.807, 2.05) is 0 Å². The lowest BCUT2D eigenvalue weighted by molar-refractivity contribution is 0.0390. The van der Waals surface area contributed by atoms with Crippen LogP contribution in [0.25, 0.3) is 0 Å². The maximum absolute atomic E-state index is 12.3. The highest BCUT2D eigenvalue weighted by Gasteiger charge is 2.30. The predicted molar refractivity (Wildman–Crippen MR) is 85.9 cm³/mol. The van der Waals surface area contributed by atoms with Gasteiger partial charge in [0, 0.05) is 37.7 Å². The normalized spacial score (nSPS) is 19.7. The number of ether oxygens (including phenoxy) is 1. The van der Waals surface area contributed by atoms with Gasteiger partial charge in [0.1, 0.15) is 0 Å². The summed E-state index contributed by atoms with van der Waals surface area (Å²) >= 11 is 0. The smallest absolute Gasteiger partial charge is 0.240 e. The van der Waals surface area contributed by atoms with Gasteiger partial charge in [-0.25, -0.2) is 13.1 Å². The quantitative estimate of drug-likeness (QED) is 0.747. The maximum atomic E-state index is 12.3. The van der Waals surface area contributed by atoms with Crippen LogP contribution in [0.1, 0.15) is 23.2 Å². The standard InChI is InChI=1S/C16H22N2O4S/c19-16(13-1-2-13)14-3-5-15(6-4-14)23(20,21)17-7-8-18-9-11-22-12-10-18/h3-6,13,17H,1-2,7-12H2. The molecule has 0 spiro atoms. The van der Waals surface area contributed by atoms with E-state index in [0.29, 0.717) is 31.9 Å². The van der Waals surface area contributed by atoms with E-state index in [-0.39, 0.29) is 16.6 Å². The minimum absolute atomic E-state index is 0.120. The van der Waals surface area contributed by atoms with Crippen LogP contribution < -0.4 is 4.72 Å². The van der Waals surface area contributed by atoms with E-state index in [1.54, 1.807) is 12.1 Å². The van der Waals surface area contributed by atoms with E-state index in [4.69, 9.17) is 4.74 Å². The Labute approximate surface area is 136 Å². The second kappa shape index (κ2) is 7.09. The topological polar surface area (TPSA) is 75.7 Å². The van der Waals surface area contributed by atoms with Crippen molar-refractivity contribution in [2.24, 2.45) is 5.92 Å². The van der Waals surface area contributed by atoms with Crippen molar-refractivity contribution in [3.8, 4) is 0 Å². The Balaban J connectivity index is 1.54. The summed E-state index contributed by atoms with van der Waals surface area (Å²) < 4.78 is 32.4. The number of nitrogens with one attached hydrogen (secondary N) is 1. The predicted octanol–water partition coefficient (Wildman–Crippen LogP) is 0.890. The zero-order valence-corrected chi connectivity index (χ0v) is 13.8. The van der Waals surface area contributed by atoms with Crippen LogP contribution in [0, 0.1) is 5.92 Å². The van der Waals surface area contributed by atoms with Crippen LogP contribution in [0.15, 0.2) is 29.2 Å². The van der Waals surface area contributed by atoms with Crippen molar-refractivity contribution in [1.82, 2.24) is 9.62 Å². The van der Waals surface area contributed by atoms with Crippen molar-refractivity contribution in [3.63, 3.8) is 0 Å². The Morgan fingerprint density at radius 3 is 2.43 bits per heavy atom. The molecule has 23 heavy (non-hydrogen) atoms. The van der Waals surface area contributed by atoms with Crippen molar-refractivity contribution in [1.29, 1.82) is 0 Å². The molecule has 126 valence electrons. The number of hydrogen-bond acceptors (Lipinski definition) is 5. The first-order valence-electron chi connectivity index (χ1n) is 8.00. The molecule has 1 aliphatic heterocycles. The fourth-order valence-electron chi connectivity index (χ4n) is 2.63. The Morgan fingerprint density at radius 2 is 1.83 bits per heavy atom. The zero-order valence-electron chi connectivity index (χ0n) is 13.0. The van der Waals surface area contributed by atoms with E-state index in [9.17, 15) is 13.2 Å². The Bertz CT molecular complexity index is 647. The molecule has 1 saturated carbocycles. The fraction of sp³-hybridized carbons (Fsp3) is 0.562. The van der Waals surface area contributed by atoms with Crippen molar-refractivity contribution in [2.45, 2.75) is 17.7 Å². The second-order valence-corrected chi connectivity index (χ2v) is 7.78. The highest BCUT2D eigenvalue weighted by molar-refractivity contribution is 7.89. The maximum Gasteiger partial charge on any atom is 0.240 e. The number of morpholine rings is 1. The Kier molecular flexibility index (Phi) is 5.11. The molecule has 1 aromatic carbocycles. The van der Waals surface area contributed by atoms with Crippen LogP contribution in [0.2, 0.25) is 0 Å². The first-order valence-corrected chi connectivity index (χ1v) is 9.48. The number of benzene rings is 1. The summed E-state index contributed by atoms with van der Waals surface area (Å²) in [5.74, 6) is 0.262. The lowest BCUT2D eigenvalue weighted by Gasteiger charge is -2.26. The molecule has 1 saturated heterocycles. The number of rotatable bonds is 7. The number of carbonyl (C=O) groups is 1. The average Bonchev–Trinajstić information content (AvgIpc) is 3.40. The fourth-order valence-corrected chi connectivity index (χ4v) is 3.65. The summed E-state index contributed by atoms with van der Waals surface area (Å²) in [4.78, 5) is 14.3. The third-order valence-corrected chi connectivity index (χ3v) is 5.70. The van der Waals surface area contributed by atoms with Gasteiger partial charge >= 0.3 is 0 Å². The lowest BCUT2D eigenvalue weighted by atomic mass is 10.1. The van der Waals surface area contributed by atoms with Crippen molar-refractivity contribution >= 4 is 15.8 Å². The molecule has 0 amide bonds. The number of sulfonamides is 1. The third-order valence-electron chi connectivity index (χ3n) is 4.22. The number of Topliss-reactive ketones (excluding diaryl/α,β-unsaturated/α-hetero) is 1. The van der Waals surface area contributed by atoms with E-state index in [0.717, 1.165) is 25.9 Å². The molecule has 7 heteroatoms. The van der Waals surface area contributed by atoms with Crippen LogP contribution in [-0.4, -0.2) is 58.5 Å². The van der Waals surface area contributed by atoms with E-state index in [1.165, 1.54) is 12.1 Å². The molecule has 1 N–H and O–H groups in total. The Morgan fingerprint density at radius 1 is 1.17 bits per heavy atom. The molecule has 6 nitrogen and oxygen atoms in total. The molecule has 1 aliphatic carbocycles. The number of ketones is 1. The molecular formula is C16H22N2O4S. The van der Waals surface area contributed by atoms with Crippen LogP contribution in [0.5, 0.6) is 0 Å². The second-order valence-electron chi connectivity index (χ2n) is 6.01. The van der Waals surface area contributed by atoms with Crippen LogP contribution >= 0.6 is 0 Å². The summed E-state index contributed by atoms with van der Waals surface area (Å²) in [5, 5.41) is 0. The highest BCUT2D eigenvalue weighted by atomic mass is 32.2. The monoisotopic (exact) mass is 338 g/mol. The van der Waals surface area contributed by atoms with Crippen molar-refractivity contribution in [3.05, 3.63) is 29.8 Å². The summed E-state index contributed by atoms with van der Waals surface area (Å²) in [6.07, 6.45) is 1.89. The zero-order chi connectivity index (χ0) is 16.3. The molecule has 2 aliphatic rings. The molecule has 3 rings (SSSR count).